The molecule has 1 saturated heterocycles. The van der Waals surface area contributed by atoms with Crippen molar-refractivity contribution in [1.82, 2.24) is 19.4 Å². The molecule has 0 saturated carbocycles. The van der Waals surface area contributed by atoms with Crippen molar-refractivity contribution < 1.29 is 5.11 Å². The lowest BCUT2D eigenvalue weighted by Gasteiger charge is -2.43. The maximum Gasteiger partial charge on any atom is 0.328 e. The van der Waals surface area contributed by atoms with Crippen LogP contribution in [0.1, 0.15) is 36.2 Å². The molecular weight excluding hydrogens is 320 g/mol. The van der Waals surface area contributed by atoms with Crippen LogP contribution in [0.5, 0.6) is 0 Å². The first-order valence-corrected chi connectivity index (χ1v) is 8.45. The molecule has 0 aromatic carbocycles. The highest BCUT2D eigenvalue weighted by Crippen LogP contribution is 2.31. The van der Waals surface area contributed by atoms with Gasteiger partial charge in [-0.25, -0.2) is 4.79 Å². The maximum atomic E-state index is 12.3. The lowest BCUT2D eigenvalue weighted by atomic mass is 9.88. The van der Waals surface area contributed by atoms with Crippen LogP contribution in [0.25, 0.3) is 0 Å². The zero-order valence-corrected chi connectivity index (χ0v) is 14.8. The van der Waals surface area contributed by atoms with Gasteiger partial charge >= 0.3 is 5.69 Å². The van der Waals surface area contributed by atoms with Gasteiger partial charge in [-0.1, -0.05) is 6.07 Å². The molecule has 2 N–H and O–H groups in total. The van der Waals surface area contributed by atoms with E-state index in [9.17, 15) is 14.7 Å². The number of rotatable bonds is 3. The van der Waals surface area contributed by atoms with Crippen molar-refractivity contribution in [3.8, 4) is 0 Å². The van der Waals surface area contributed by atoms with Crippen molar-refractivity contribution in [2.24, 2.45) is 0 Å². The smallest absolute Gasteiger partial charge is 0.328 e. The van der Waals surface area contributed by atoms with Crippen LogP contribution in [0.4, 0.5) is 0 Å². The monoisotopic (exact) mass is 344 g/mol. The van der Waals surface area contributed by atoms with Crippen molar-refractivity contribution in [3.63, 3.8) is 0 Å². The van der Waals surface area contributed by atoms with E-state index in [4.69, 9.17) is 0 Å². The van der Waals surface area contributed by atoms with Crippen LogP contribution in [0.2, 0.25) is 0 Å². The molecule has 7 nitrogen and oxygen atoms in total. The Kier molecular flexibility index (Phi) is 4.62. The topological polar surface area (TPSA) is 91.2 Å². The Morgan fingerprint density at radius 3 is 2.84 bits per heavy atom. The van der Waals surface area contributed by atoms with Crippen LogP contribution in [0.3, 0.4) is 0 Å². The van der Waals surface area contributed by atoms with E-state index >= 15 is 0 Å². The average Bonchev–Trinajstić information content (AvgIpc) is 2.55. The highest BCUT2D eigenvalue weighted by molar-refractivity contribution is 5.17. The second kappa shape index (κ2) is 6.57. The first-order chi connectivity index (χ1) is 11.8. The summed E-state index contributed by atoms with van der Waals surface area (Å²) in [4.78, 5) is 32.8. The summed E-state index contributed by atoms with van der Waals surface area (Å²) in [5, 5.41) is 10.8. The van der Waals surface area contributed by atoms with Gasteiger partial charge in [0.2, 0.25) is 0 Å². The third-order valence-electron chi connectivity index (χ3n) is 5.06. The highest BCUT2D eigenvalue weighted by atomic mass is 16.3. The van der Waals surface area contributed by atoms with Gasteiger partial charge < -0.3 is 5.11 Å². The van der Waals surface area contributed by atoms with E-state index in [0.29, 0.717) is 25.1 Å². The SMILES string of the molecule is Cc1cccnc1CN1CC[C@@](C)(O)[C@H](n2cc(C)c(=O)[nH]c2=O)C1. The average molecular weight is 344 g/mol. The van der Waals surface area contributed by atoms with Crippen LogP contribution < -0.4 is 11.2 Å². The van der Waals surface area contributed by atoms with Crippen LogP contribution in [-0.4, -0.2) is 43.2 Å². The Balaban J connectivity index is 1.90. The first-order valence-electron chi connectivity index (χ1n) is 8.45. The molecule has 0 radical (unpaired) electrons. The van der Waals surface area contributed by atoms with Crippen molar-refractivity contribution >= 4 is 0 Å². The summed E-state index contributed by atoms with van der Waals surface area (Å²) in [6.07, 6.45) is 3.85. The van der Waals surface area contributed by atoms with Crippen molar-refractivity contribution in [2.45, 2.75) is 45.4 Å². The standard InChI is InChI=1S/C18H24N4O3/c1-12-5-4-7-19-14(12)10-21-8-6-18(3,25)15(11-21)22-9-13(2)16(23)20-17(22)24/h4-5,7,9,15,25H,6,8,10-11H2,1-3H3,(H,20,23,24)/t15-,18-/m1/s1. The molecule has 0 unspecified atom stereocenters. The van der Waals surface area contributed by atoms with Crippen LogP contribution in [0.15, 0.2) is 34.1 Å². The number of pyridine rings is 1. The van der Waals surface area contributed by atoms with Crippen molar-refractivity contribution in [3.05, 3.63) is 62.2 Å². The Hall–Kier alpha value is -2.25. The van der Waals surface area contributed by atoms with Crippen LogP contribution >= 0.6 is 0 Å². The quantitative estimate of drug-likeness (QED) is 0.857. The van der Waals surface area contributed by atoms with E-state index in [1.54, 1.807) is 20.0 Å². The minimum Gasteiger partial charge on any atom is -0.388 e. The number of aryl methyl sites for hydroxylation is 2. The fourth-order valence-corrected chi connectivity index (χ4v) is 3.33. The van der Waals surface area contributed by atoms with E-state index < -0.39 is 22.9 Å². The summed E-state index contributed by atoms with van der Waals surface area (Å²) in [6.45, 7) is 7.31. The second-order valence-electron chi connectivity index (χ2n) is 7.10. The number of nitrogens with zero attached hydrogens (tertiary/aromatic N) is 3. The predicted octanol–water partition coefficient (Wildman–Crippen LogP) is 0.746. The third kappa shape index (κ3) is 3.57. The third-order valence-corrected chi connectivity index (χ3v) is 5.06. The van der Waals surface area contributed by atoms with Gasteiger partial charge in [0, 0.05) is 37.6 Å². The summed E-state index contributed by atoms with van der Waals surface area (Å²) in [7, 11) is 0. The Morgan fingerprint density at radius 1 is 1.36 bits per heavy atom. The van der Waals surface area contributed by atoms with E-state index in [1.807, 2.05) is 19.1 Å². The molecule has 0 spiro atoms. The van der Waals surface area contributed by atoms with Crippen LogP contribution in [-0.2, 0) is 6.54 Å². The van der Waals surface area contributed by atoms with Gasteiger partial charge in [-0.2, -0.15) is 0 Å². The highest BCUT2D eigenvalue weighted by Gasteiger charge is 2.39. The number of piperidine rings is 1. The molecule has 134 valence electrons. The minimum atomic E-state index is -1.02. The Labute approximate surface area is 146 Å². The molecule has 25 heavy (non-hydrogen) atoms. The lowest BCUT2D eigenvalue weighted by molar-refractivity contribution is -0.0545. The van der Waals surface area contributed by atoms with Gasteiger partial charge in [0.1, 0.15) is 0 Å². The summed E-state index contributed by atoms with van der Waals surface area (Å²) in [5.74, 6) is 0. The zero-order valence-electron chi connectivity index (χ0n) is 14.8. The Morgan fingerprint density at radius 2 is 2.12 bits per heavy atom. The molecule has 0 aliphatic carbocycles. The number of hydrogen-bond donors (Lipinski definition) is 2. The lowest BCUT2D eigenvalue weighted by Crippen LogP contribution is -2.53. The molecule has 3 heterocycles. The van der Waals surface area contributed by atoms with Gasteiger partial charge in [0.25, 0.3) is 5.56 Å². The first kappa shape index (κ1) is 17.6. The predicted molar refractivity (Wildman–Crippen MR) is 94.6 cm³/mol. The molecule has 2 aromatic rings. The molecule has 2 atom stereocenters. The molecule has 3 rings (SSSR count). The van der Waals surface area contributed by atoms with E-state index in [0.717, 1.165) is 17.8 Å². The molecule has 1 aliphatic heterocycles. The zero-order chi connectivity index (χ0) is 18.2. The van der Waals surface area contributed by atoms with Crippen molar-refractivity contribution in [1.29, 1.82) is 0 Å². The number of H-pyrrole nitrogens is 1. The molecular formula is C18H24N4O3. The maximum absolute atomic E-state index is 12.3. The number of hydrogen-bond acceptors (Lipinski definition) is 5. The summed E-state index contributed by atoms with van der Waals surface area (Å²) in [5.41, 5.74) is 0.660. The molecule has 0 amide bonds. The summed E-state index contributed by atoms with van der Waals surface area (Å²) < 4.78 is 1.45. The molecule has 7 heteroatoms. The van der Waals surface area contributed by atoms with Crippen LogP contribution in [0, 0.1) is 13.8 Å². The largest absolute Gasteiger partial charge is 0.388 e. The molecule has 0 bridgehead atoms. The van der Waals surface area contributed by atoms with Gasteiger partial charge in [-0.15, -0.1) is 0 Å². The molecule has 1 aliphatic rings. The van der Waals surface area contributed by atoms with Gasteiger partial charge in [0.05, 0.1) is 17.3 Å². The van der Waals surface area contributed by atoms with E-state index in [1.165, 1.54) is 10.8 Å². The Bertz CT molecular complexity index is 884. The normalized spacial score (nSPS) is 24.4. The number of nitrogens with one attached hydrogen (secondary N) is 1. The van der Waals surface area contributed by atoms with E-state index in [-0.39, 0.29) is 0 Å². The fourth-order valence-electron chi connectivity index (χ4n) is 3.33. The number of aliphatic hydroxyl groups is 1. The summed E-state index contributed by atoms with van der Waals surface area (Å²) >= 11 is 0. The van der Waals surface area contributed by atoms with E-state index in [2.05, 4.69) is 14.9 Å². The summed E-state index contributed by atoms with van der Waals surface area (Å²) in [6, 6.07) is 3.49. The van der Waals surface area contributed by atoms with Gasteiger partial charge in [-0.3, -0.25) is 24.2 Å². The van der Waals surface area contributed by atoms with Crippen molar-refractivity contribution in [2.75, 3.05) is 13.1 Å². The molecule has 2 aromatic heterocycles. The number of aromatic nitrogens is 3. The fraction of sp³-hybridized carbons (Fsp3) is 0.500. The van der Waals surface area contributed by atoms with Gasteiger partial charge in [0.15, 0.2) is 0 Å². The molecule has 1 fully saturated rings. The number of aromatic amines is 1. The van der Waals surface area contributed by atoms with Gasteiger partial charge in [-0.05, 0) is 38.8 Å². The second-order valence-corrected chi connectivity index (χ2v) is 7.10. The minimum absolute atomic E-state index is 0.391. The number of likely N-dealkylation sites (tertiary alicyclic amines) is 1.